The van der Waals surface area contributed by atoms with E-state index in [0.717, 1.165) is 16.2 Å². The predicted octanol–water partition coefficient (Wildman–Crippen LogP) is 3.81. The van der Waals surface area contributed by atoms with Crippen LogP contribution in [0.4, 0.5) is 5.69 Å². The van der Waals surface area contributed by atoms with E-state index in [2.05, 4.69) is 10.3 Å². The molecule has 5 rings (SSSR count). The number of aromatic nitrogens is 2. The first kappa shape index (κ1) is 16.6. The maximum atomic E-state index is 12.3. The summed E-state index contributed by atoms with van der Waals surface area (Å²) in [5.41, 5.74) is 2.48. The van der Waals surface area contributed by atoms with Gasteiger partial charge in [-0.1, -0.05) is 12.1 Å². The van der Waals surface area contributed by atoms with Crippen molar-refractivity contribution in [1.29, 1.82) is 0 Å². The molecule has 0 aliphatic carbocycles. The fourth-order valence-electron chi connectivity index (χ4n) is 2.94. The highest BCUT2D eigenvalue weighted by Crippen LogP contribution is 2.35. The van der Waals surface area contributed by atoms with E-state index in [-0.39, 0.29) is 19.3 Å². The van der Waals surface area contributed by atoms with Gasteiger partial charge in [0.2, 0.25) is 6.79 Å². The Morgan fingerprint density at radius 2 is 2.14 bits per heavy atom. The molecule has 0 fully saturated rings. The highest BCUT2D eigenvalue weighted by molar-refractivity contribution is 7.15. The number of ether oxygens (including phenoxy) is 3. The number of carbonyl (C=O) groups is 1. The Bertz CT molecular complexity index is 1140. The van der Waals surface area contributed by atoms with Gasteiger partial charge < -0.3 is 19.5 Å². The van der Waals surface area contributed by atoms with Crippen LogP contribution in [0.25, 0.3) is 16.2 Å². The Hall–Kier alpha value is -3.52. The Morgan fingerprint density at radius 1 is 1.21 bits per heavy atom. The number of thiazole rings is 1. The monoisotopic (exact) mass is 393 g/mol. The number of nitrogens with one attached hydrogen (secondary N) is 1. The largest absolute Gasteiger partial charge is 0.484 e. The van der Waals surface area contributed by atoms with E-state index in [1.54, 1.807) is 29.5 Å². The van der Waals surface area contributed by atoms with Gasteiger partial charge in [-0.2, -0.15) is 0 Å². The number of fused-ring (bicyclic) bond motifs is 2. The predicted molar refractivity (Wildman–Crippen MR) is 105 cm³/mol. The molecule has 28 heavy (non-hydrogen) atoms. The fraction of sp³-hybridized carbons (Fsp3) is 0.100. The van der Waals surface area contributed by atoms with Crippen LogP contribution in [0.3, 0.4) is 0 Å². The van der Waals surface area contributed by atoms with Crippen LogP contribution >= 0.6 is 11.3 Å². The molecule has 1 aliphatic rings. The van der Waals surface area contributed by atoms with Crippen LogP contribution in [0, 0.1) is 0 Å². The Labute approximate surface area is 164 Å². The summed E-state index contributed by atoms with van der Waals surface area (Å²) in [6.45, 7) is 0.0917. The second-order valence-electron chi connectivity index (χ2n) is 6.15. The number of anilines is 1. The van der Waals surface area contributed by atoms with Crippen LogP contribution in [-0.2, 0) is 4.79 Å². The Morgan fingerprint density at radius 3 is 3.07 bits per heavy atom. The Kier molecular flexibility index (Phi) is 4.10. The van der Waals surface area contributed by atoms with Crippen LogP contribution in [0.5, 0.6) is 17.2 Å². The summed E-state index contributed by atoms with van der Waals surface area (Å²) >= 11 is 1.58. The zero-order valence-corrected chi connectivity index (χ0v) is 15.4. The average Bonchev–Trinajstić information content (AvgIpc) is 3.42. The lowest BCUT2D eigenvalue weighted by molar-refractivity contribution is -0.118. The molecule has 1 amide bonds. The van der Waals surface area contributed by atoms with Crippen LogP contribution in [0.1, 0.15) is 0 Å². The van der Waals surface area contributed by atoms with Gasteiger partial charge in [-0.15, -0.1) is 11.3 Å². The van der Waals surface area contributed by atoms with Gasteiger partial charge >= 0.3 is 0 Å². The van der Waals surface area contributed by atoms with E-state index >= 15 is 0 Å². The maximum Gasteiger partial charge on any atom is 0.262 e. The first-order valence-corrected chi connectivity index (χ1v) is 9.47. The molecule has 140 valence electrons. The van der Waals surface area contributed by atoms with Crippen molar-refractivity contribution in [3.63, 3.8) is 0 Å². The molecule has 0 spiro atoms. The molecule has 4 aromatic rings. The van der Waals surface area contributed by atoms with Gasteiger partial charge in [-0.25, -0.2) is 4.98 Å². The number of carbonyl (C=O) groups excluding carboxylic acids is 1. The number of rotatable bonds is 5. The molecule has 0 atom stereocenters. The standard InChI is InChI=1S/C20H15N3O4S/c24-19(11-25-15-4-5-17-18(9-15)27-12-26-17)21-14-3-1-2-13(8-14)16-10-23-6-7-28-20(23)22-16/h1-10H,11-12H2,(H,21,24). The third-order valence-corrected chi connectivity index (χ3v) is 5.02. The van der Waals surface area contributed by atoms with Gasteiger partial charge in [0.25, 0.3) is 5.91 Å². The molecule has 0 bridgehead atoms. The molecule has 0 saturated carbocycles. The minimum absolute atomic E-state index is 0.107. The molecular formula is C20H15N3O4S. The second kappa shape index (κ2) is 6.90. The van der Waals surface area contributed by atoms with Crippen molar-refractivity contribution in [2.75, 3.05) is 18.7 Å². The van der Waals surface area contributed by atoms with Crippen LogP contribution in [-0.4, -0.2) is 28.7 Å². The second-order valence-corrected chi connectivity index (χ2v) is 7.02. The van der Waals surface area contributed by atoms with Crippen LogP contribution in [0.2, 0.25) is 0 Å². The van der Waals surface area contributed by atoms with Gasteiger partial charge in [0, 0.05) is 35.1 Å². The fourth-order valence-corrected chi connectivity index (χ4v) is 3.64. The quantitative estimate of drug-likeness (QED) is 0.558. The number of hydrogen-bond acceptors (Lipinski definition) is 6. The minimum atomic E-state index is -0.249. The molecule has 2 aromatic carbocycles. The van der Waals surface area contributed by atoms with E-state index in [0.29, 0.717) is 22.9 Å². The Balaban J connectivity index is 1.24. The molecule has 0 saturated heterocycles. The van der Waals surface area contributed by atoms with Crippen molar-refractivity contribution in [1.82, 2.24) is 9.38 Å². The third-order valence-electron chi connectivity index (χ3n) is 4.25. The number of hydrogen-bond donors (Lipinski definition) is 1. The van der Waals surface area contributed by atoms with E-state index in [1.807, 2.05) is 46.4 Å². The highest BCUT2D eigenvalue weighted by Gasteiger charge is 2.14. The molecule has 1 N–H and O–H groups in total. The van der Waals surface area contributed by atoms with Crippen molar-refractivity contribution in [3.05, 3.63) is 60.2 Å². The zero-order chi connectivity index (χ0) is 18.9. The zero-order valence-electron chi connectivity index (χ0n) is 14.6. The number of amides is 1. The van der Waals surface area contributed by atoms with Crippen LogP contribution in [0.15, 0.2) is 60.2 Å². The molecule has 0 unspecified atom stereocenters. The molecule has 0 radical (unpaired) electrons. The van der Waals surface area contributed by atoms with E-state index in [9.17, 15) is 4.79 Å². The highest BCUT2D eigenvalue weighted by atomic mass is 32.1. The van der Waals surface area contributed by atoms with Gasteiger partial charge in [-0.3, -0.25) is 9.20 Å². The summed E-state index contributed by atoms with van der Waals surface area (Å²) in [6, 6.07) is 12.8. The lowest BCUT2D eigenvalue weighted by Gasteiger charge is -2.09. The number of benzene rings is 2. The topological polar surface area (TPSA) is 74.1 Å². The van der Waals surface area contributed by atoms with Crippen molar-refractivity contribution in [3.8, 4) is 28.5 Å². The lowest BCUT2D eigenvalue weighted by atomic mass is 10.1. The minimum Gasteiger partial charge on any atom is -0.484 e. The average molecular weight is 393 g/mol. The summed E-state index contributed by atoms with van der Waals surface area (Å²) < 4.78 is 18.1. The van der Waals surface area contributed by atoms with E-state index < -0.39 is 0 Å². The smallest absolute Gasteiger partial charge is 0.262 e. The number of nitrogens with zero attached hydrogens (tertiary/aromatic N) is 2. The maximum absolute atomic E-state index is 12.3. The summed E-state index contributed by atoms with van der Waals surface area (Å²) in [4.78, 5) is 17.8. The number of imidazole rings is 1. The molecule has 3 heterocycles. The summed E-state index contributed by atoms with van der Waals surface area (Å²) in [5.74, 6) is 1.59. The lowest BCUT2D eigenvalue weighted by Crippen LogP contribution is -2.20. The molecular weight excluding hydrogens is 378 g/mol. The molecule has 2 aromatic heterocycles. The summed E-state index contributed by atoms with van der Waals surface area (Å²) in [7, 11) is 0. The van der Waals surface area contributed by atoms with Gasteiger partial charge in [0.05, 0.1) is 5.69 Å². The normalized spacial score (nSPS) is 12.3. The van der Waals surface area contributed by atoms with Crippen molar-refractivity contribution in [2.45, 2.75) is 0 Å². The van der Waals surface area contributed by atoms with Crippen molar-refractivity contribution >= 4 is 27.9 Å². The van der Waals surface area contributed by atoms with Gasteiger partial charge in [0.15, 0.2) is 23.1 Å². The van der Waals surface area contributed by atoms with Crippen molar-refractivity contribution in [2.24, 2.45) is 0 Å². The first-order chi connectivity index (χ1) is 13.7. The van der Waals surface area contributed by atoms with Crippen molar-refractivity contribution < 1.29 is 19.0 Å². The van der Waals surface area contributed by atoms with E-state index in [4.69, 9.17) is 14.2 Å². The van der Waals surface area contributed by atoms with E-state index in [1.165, 1.54) is 0 Å². The third kappa shape index (κ3) is 3.25. The molecule has 8 heteroatoms. The molecule has 7 nitrogen and oxygen atoms in total. The first-order valence-electron chi connectivity index (χ1n) is 8.59. The van der Waals surface area contributed by atoms with Crippen LogP contribution < -0.4 is 19.5 Å². The van der Waals surface area contributed by atoms with Gasteiger partial charge in [-0.05, 0) is 24.3 Å². The van der Waals surface area contributed by atoms with Gasteiger partial charge in [0.1, 0.15) is 5.75 Å². The summed E-state index contributed by atoms with van der Waals surface area (Å²) in [5, 5.41) is 4.84. The summed E-state index contributed by atoms with van der Waals surface area (Å²) in [6.07, 6.45) is 3.94. The SMILES string of the molecule is O=C(COc1ccc2c(c1)OCO2)Nc1cccc(-c2cn3ccsc3n2)c1. The molecule has 1 aliphatic heterocycles.